The summed E-state index contributed by atoms with van der Waals surface area (Å²) < 4.78 is 0. The maximum Gasteiger partial charge on any atom is 0.0168 e. The van der Waals surface area contributed by atoms with Crippen LogP contribution in [0.25, 0.3) is 0 Å². The van der Waals surface area contributed by atoms with Gasteiger partial charge in [0.25, 0.3) is 0 Å². The van der Waals surface area contributed by atoms with Crippen LogP contribution in [0.2, 0.25) is 0 Å². The van der Waals surface area contributed by atoms with E-state index in [0.29, 0.717) is 0 Å². The first kappa shape index (κ1) is 7.37. The molecule has 0 aromatic rings. The molecule has 2 heteroatoms. The minimum atomic E-state index is -0.769. The van der Waals surface area contributed by atoms with Crippen LogP contribution in [0.15, 0.2) is 0 Å². The number of halogens is 1. The van der Waals surface area contributed by atoms with Crippen molar-refractivity contribution in [3.05, 3.63) is 0 Å². The summed E-state index contributed by atoms with van der Waals surface area (Å²) >= 11 is 5.60. The largest absolute Gasteiger partial charge is 0.131 e. The van der Waals surface area contributed by atoms with Crippen LogP contribution in [0, 0.1) is 6.13 Å². The van der Waals surface area contributed by atoms with Crippen molar-refractivity contribution in [2.75, 3.05) is 0 Å². The molecule has 0 N–H and O–H groups in total. The van der Waals surface area contributed by atoms with Crippen molar-refractivity contribution in [3.63, 3.8) is 0 Å². The first-order chi connectivity index (χ1) is 2.94. The molecule has 0 aliphatic carbocycles. The average Bonchev–Trinajstić information content (AvgIpc) is 1.31. The van der Waals surface area contributed by atoms with E-state index >= 15 is 0 Å². The summed E-state index contributed by atoms with van der Waals surface area (Å²) in [6, 6.07) is 0. The fourth-order valence-corrected chi connectivity index (χ4v) is 0. The topological polar surface area (TPSA) is 0 Å². The first-order valence-electron chi connectivity index (χ1n) is 2.15. The zero-order valence-electron chi connectivity index (χ0n) is 4.90. The summed E-state index contributed by atoms with van der Waals surface area (Å²) in [4.78, 5) is 0. The van der Waals surface area contributed by atoms with Crippen molar-refractivity contribution in [2.45, 2.75) is 25.9 Å². The van der Waals surface area contributed by atoms with Gasteiger partial charge in [0, 0.05) is 5.16 Å². The molecule has 42 valence electrons. The maximum atomic E-state index is 5.60. The molecule has 0 nitrogen and oxygen atoms in total. The van der Waals surface area contributed by atoms with Crippen LogP contribution in [-0.4, -0.2) is 5.16 Å². The standard InChI is InChI=1S/C5H10ClP/c1-5(2,3)7(4)6/h4H,1-3H3. The van der Waals surface area contributed by atoms with E-state index in [1.54, 1.807) is 0 Å². The van der Waals surface area contributed by atoms with Crippen molar-refractivity contribution in [2.24, 2.45) is 0 Å². The van der Waals surface area contributed by atoms with Crippen molar-refractivity contribution in [3.8, 4) is 6.13 Å². The quantitative estimate of drug-likeness (QED) is 0.449. The van der Waals surface area contributed by atoms with Crippen LogP contribution in [0.4, 0.5) is 0 Å². The van der Waals surface area contributed by atoms with E-state index in [1.165, 1.54) is 0 Å². The van der Waals surface area contributed by atoms with Crippen LogP contribution in [0.3, 0.4) is 0 Å². The number of hydrogen-bond acceptors (Lipinski definition) is 0. The third-order valence-electron chi connectivity index (χ3n) is 0.641. The molecule has 0 aliphatic heterocycles. The van der Waals surface area contributed by atoms with Crippen molar-refractivity contribution in [1.29, 1.82) is 0 Å². The van der Waals surface area contributed by atoms with Gasteiger partial charge < -0.3 is 0 Å². The minimum absolute atomic E-state index is 0.108. The van der Waals surface area contributed by atoms with E-state index in [1.807, 2.05) is 20.8 Å². The molecule has 0 aliphatic rings. The Labute approximate surface area is 50.7 Å². The lowest BCUT2D eigenvalue weighted by Crippen LogP contribution is -2.02. The molecule has 7 heavy (non-hydrogen) atoms. The van der Waals surface area contributed by atoms with Gasteiger partial charge in [-0.1, -0.05) is 32.0 Å². The van der Waals surface area contributed by atoms with Gasteiger partial charge in [-0.3, -0.25) is 0 Å². The van der Waals surface area contributed by atoms with Crippen molar-refractivity contribution >= 4 is 18.0 Å². The Morgan fingerprint density at radius 2 is 1.57 bits per heavy atom. The van der Waals surface area contributed by atoms with Gasteiger partial charge in [-0.05, 0) is 6.73 Å². The molecule has 0 amide bonds. The van der Waals surface area contributed by atoms with Gasteiger partial charge in [-0.15, -0.1) is 6.13 Å². The van der Waals surface area contributed by atoms with Gasteiger partial charge in [-0.2, -0.15) is 0 Å². The Bertz CT molecular complexity index is 112. The van der Waals surface area contributed by atoms with Crippen LogP contribution >= 0.6 is 18.0 Å². The molecular formula is C5H10ClP. The van der Waals surface area contributed by atoms with Gasteiger partial charge in [-0.25, -0.2) is 0 Å². The molecule has 0 bridgehead atoms. The van der Waals surface area contributed by atoms with E-state index in [0.717, 1.165) is 0 Å². The summed E-state index contributed by atoms with van der Waals surface area (Å²) in [7, 11) is 0. The summed E-state index contributed by atoms with van der Waals surface area (Å²) in [5.41, 5.74) is 0. The van der Waals surface area contributed by atoms with Crippen LogP contribution in [-0.2, 0) is 0 Å². The molecular weight excluding hydrogens is 126 g/mol. The molecule has 0 saturated heterocycles. The Balaban J connectivity index is 3.89. The van der Waals surface area contributed by atoms with Gasteiger partial charge in [0.2, 0.25) is 0 Å². The highest BCUT2D eigenvalue weighted by Crippen LogP contribution is 2.39. The van der Waals surface area contributed by atoms with Gasteiger partial charge in [0.05, 0.1) is 0 Å². The molecule has 0 spiro atoms. The fourth-order valence-electron chi connectivity index (χ4n) is 0. The van der Waals surface area contributed by atoms with Crippen LogP contribution < -0.4 is 0 Å². The second-order valence-corrected chi connectivity index (χ2v) is 5.54. The van der Waals surface area contributed by atoms with Gasteiger partial charge >= 0.3 is 0 Å². The molecule has 0 radical (unpaired) electrons. The zero-order chi connectivity index (χ0) is 6.08. The first-order valence-corrected chi connectivity index (χ1v) is 4.47. The molecule has 1 unspecified atom stereocenters. The van der Waals surface area contributed by atoms with E-state index in [2.05, 4.69) is 0 Å². The van der Waals surface area contributed by atoms with Gasteiger partial charge in [0.15, 0.2) is 0 Å². The van der Waals surface area contributed by atoms with E-state index in [4.69, 9.17) is 17.4 Å². The van der Waals surface area contributed by atoms with Crippen LogP contribution in [0.1, 0.15) is 20.8 Å². The molecule has 0 saturated carbocycles. The monoisotopic (exact) mass is 136 g/mol. The van der Waals surface area contributed by atoms with Crippen molar-refractivity contribution < 1.29 is 0 Å². The molecule has 0 aromatic carbocycles. The summed E-state index contributed by atoms with van der Waals surface area (Å²) in [5, 5.41) is 0.108. The highest BCUT2D eigenvalue weighted by Gasteiger charge is 2.09. The minimum Gasteiger partial charge on any atom is -0.131 e. The van der Waals surface area contributed by atoms with E-state index in [-0.39, 0.29) is 5.16 Å². The zero-order valence-corrected chi connectivity index (χ0v) is 6.55. The molecule has 1 atom stereocenters. The third kappa shape index (κ3) is 3.00. The average molecular weight is 137 g/mol. The fraction of sp³-hybridized carbons (Fsp3) is 0.800. The predicted octanol–water partition coefficient (Wildman–Crippen LogP) is 3.01. The highest BCUT2D eigenvalue weighted by molar-refractivity contribution is 7.76. The second-order valence-electron chi connectivity index (χ2n) is 2.48. The molecule has 0 heterocycles. The Morgan fingerprint density at radius 1 is 1.43 bits per heavy atom. The third-order valence-corrected chi connectivity index (χ3v) is 3.44. The van der Waals surface area contributed by atoms with Crippen molar-refractivity contribution in [1.82, 2.24) is 0 Å². The number of hydrogen-bond donors (Lipinski definition) is 0. The Kier molecular flexibility index (Phi) is 2.20. The predicted molar refractivity (Wildman–Crippen MR) is 37.5 cm³/mol. The number of rotatable bonds is 0. The van der Waals surface area contributed by atoms with Gasteiger partial charge in [0.1, 0.15) is 0 Å². The summed E-state index contributed by atoms with van der Waals surface area (Å²) in [6.07, 6.45) is 5.40. The normalized spacial score (nSPS) is 13.9. The Hall–Kier alpha value is 0.370. The molecule has 0 fully saturated rings. The summed E-state index contributed by atoms with van der Waals surface area (Å²) in [6.45, 7) is 5.33. The molecule has 0 rings (SSSR count). The highest BCUT2D eigenvalue weighted by atomic mass is 35.7. The lowest BCUT2D eigenvalue weighted by Gasteiger charge is -2.12. The Morgan fingerprint density at radius 3 is 1.57 bits per heavy atom. The van der Waals surface area contributed by atoms with Crippen LogP contribution in [0.5, 0.6) is 0 Å². The summed E-state index contributed by atoms with van der Waals surface area (Å²) in [5.74, 6) is 0. The van der Waals surface area contributed by atoms with E-state index < -0.39 is 6.73 Å². The maximum absolute atomic E-state index is 5.60. The SMILES string of the molecule is C#P(Cl)C(C)(C)C. The second kappa shape index (κ2) is 2.09. The lowest BCUT2D eigenvalue weighted by atomic mass is 10.3. The van der Waals surface area contributed by atoms with E-state index in [9.17, 15) is 0 Å². The molecule has 0 aromatic heterocycles. The lowest BCUT2D eigenvalue weighted by molar-refractivity contribution is 0.800. The smallest absolute Gasteiger partial charge is 0.0168 e.